The summed E-state index contributed by atoms with van der Waals surface area (Å²) in [4.78, 5) is 16.7. The van der Waals surface area contributed by atoms with E-state index >= 15 is 0 Å². The normalized spacial score (nSPS) is 25.5. The van der Waals surface area contributed by atoms with E-state index in [1.165, 1.54) is 0 Å². The number of rotatable bonds is 2. The molecule has 2 heterocycles. The molecule has 2 aromatic rings. The average Bonchev–Trinajstić information content (AvgIpc) is 2.63. The predicted octanol–water partition coefficient (Wildman–Crippen LogP) is 4.35. The van der Waals surface area contributed by atoms with Crippen LogP contribution in [0.15, 0.2) is 46.9 Å². The summed E-state index contributed by atoms with van der Waals surface area (Å²) in [5, 5.41) is 4.46. The summed E-state index contributed by atoms with van der Waals surface area (Å²) in [6, 6.07) is 12.9. The molecular formula is C20H19BrClN3O2S. The highest BCUT2D eigenvalue weighted by Gasteiger charge is 2.59. The molecule has 0 radical (unpaired) electrons. The van der Waals surface area contributed by atoms with Gasteiger partial charge in [-0.2, -0.15) is 0 Å². The van der Waals surface area contributed by atoms with Gasteiger partial charge in [-0.15, -0.1) is 0 Å². The molecule has 8 heteroatoms. The summed E-state index contributed by atoms with van der Waals surface area (Å²) in [6.45, 7) is 1.92. The average molecular weight is 481 g/mol. The second kappa shape index (κ2) is 6.90. The summed E-state index contributed by atoms with van der Waals surface area (Å²) in [5.41, 5.74) is 0.682. The lowest BCUT2D eigenvalue weighted by molar-refractivity contribution is -0.144. The summed E-state index contributed by atoms with van der Waals surface area (Å²) < 4.78 is 7.44. The maximum absolute atomic E-state index is 13.2. The SMILES string of the molecule is CN(C)C(=O)[C@@H]1[C@H]2NC(=S)N(c3ccc(Br)cc3)[C@@]1(C)Oc1ccc(Cl)cc12. The highest BCUT2D eigenvalue weighted by Crippen LogP contribution is 2.50. The van der Waals surface area contributed by atoms with Gasteiger partial charge >= 0.3 is 0 Å². The van der Waals surface area contributed by atoms with Crippen molar-refractivity contribution in [3.8, 4) is 5.75 Å². The number of thiocarbonyl (C=S) groups is 1. The molecule has 0 aromatic heterocycles. The van der Waals surface area contributed by atoms with Gasteiger partial charge in [-0.3, -0.25) is 9.69 Å². The van der Waals surface area contributed by atoms with Gasteiger partial charge in [-0.25, -0.2) is 0 Å². The Morgan fingerprint density at radius 1 is 1.29 bits per heavy atom. The third kappa shape index (κ3) is 2.96. The quantitative estimate of drug-likeness (QED) is 0.648. The van der Waals surface area contributed by atoms with Gasteiger partial charge in [-0.05, 0) is 61.6 Å². The van der Waals surface area contributed by atoms with Crippen molar-refractivity contribution in [1.29, 1.82) is 0 Å². The van der Waals surface area contributed by atoms with E-state index in [0.29, 0.717) is 15.9 Å². The van der Waals surface area contributed by atoms with Crippen molar-refractivity contribution in [3.63, 3.8) is 0 Å². The lowest BCUT2D eigenvalue weighted by atomic mass is 9.78. The van der Waals surface area contributed by atoms with Crippen LogP contribution < -0.4 is 15.0 Å². The highest BCUT2D eigenvalue weighted by molar-refractivity contribution is 9.10. The van der Waals surface area contributed by atoms with Crippen molar-refractivity contribution < 1.29 is 9.53 Å². The van der Waals surface area contributed by atoms with E-state index in [1.54, 1.807) is 25.1 Å². The molecule has 0 unspecified atom stereocenters. The molecule has 5 nitrogen and oxygen atoms in total. The molecule has 1 saturated heterocycles. The van der Waals surface area contributed by atoms with Crippen LogP contribution in [0.3, 0.4) is 0 Å². The Labute approximate surface area is 182 Å². The molecule has 0 saturated carbocycles. The Kier molecular flexibility index (Phi) is 4.80. The van der Waals surface area contributed by atoms with Gasteiger partial charge in [0, 0.05) is 34.8 Å². The Morgan fingerprint density at radius 2 is 1.96 bits per heavy atom. The molecular weight excluding hydrogens is 462 g/mol. The zero-order chi connectivity index (χ0) is 20.2. The molecule has 1 fully saturated rings. The van der Waals surface area contributed by atoms with Crippen molar-refractivity contribution >= 4 is 56.5 Å². The van der Waals surface area contributed by atoms with Crippen LogP contribution in [0, 0.1) is 5.92 Å². The van der Waals surface area contributed by atoms with E-state index in [9.17, 15) is 4.79 Å². The van der Waals surface area contributed by atoms with Gasteiger partial charge in [0.15, 0.2) is 10.8 Å². The van der Waals surface area contributed by atoms with Crippen LogP contribution in [0.1, 0.15) is 18.5 Å². The fraction of sp³-hybridized carbons (Fsp3) is 0.300. The second-order valence-corrected chi connectivity index (χ2v) is 9.03. The van der Waals surface area contributed by atoms with Crippen LogP contribution in [0.2, 0.25) is 5.02 Å². The van der Waals surface area contributed by atoms with Gasteiger partial charge in [0.05, 0.1) is 6.04 Å². The molecule has 0 aliphatic carbocycles. The smallest absolute Gasteiger partial charge is 0.233 e. The van der Waals surface area contributed by atoms with Crippen LogP contribution in [-0.4, -0.2) is 35.7 Å². The zero-order valence-corrected chi connectivity index (χ0v) is 18.7. The first-order valence-corrected chi connectivity index (χ1v) is 10.4. The standard InChI is InChI=1S/C20H19BrClN3O2S/c1-20-16(18(26)24(2)3)17(14-10-12(22)6-9-15(14)27-20)23-19(28)25(20)13-7-4-11(21)5-8-13/h4-10,16-17H,1-3H3,(H,23,28)/t16-,17-,20-/m0/s1. The number of carbonyl (C=O) groups excluding carboxylic acids is 1. The van der Waals surface area contributed by atoms with E-state index in [-0.39, 0.29) is 11.9 Å². The van der Waals surface area contributed by atoms with Crippen LogP contribution in [0.25, 0.3) is 0 Å². The maximum Gasteiger partial charge on any atom is 0.233 e. The zero-order valence-electron chi connectivity index (χ0n) is 15.6. The number of nitrogens with one attached hydrogen (secondary N) is 1. The fourth-order valence-corrected chi connectivity index (χ4v) is 4.85. The van der Waals surface area contributed by atoms with E-state index < -0.39 is 11.6 Å². The Morgan fingerprint density at radius 3 is 2.61 bits per heavy atom. The number of hydrogen-bond acceptors (Lipinski definition) is 3. The molecule has 2 bridgehead atoms. The third-order valence-corrected chi connectivity index (χ3v) is 6.32. The largest absolute Gasteiger partial charge is 0.467 e. The van der Waals surface area contributed by atoms with Crippen LogP contribution in [0.5, 0.6) is 5.75 Å². The molecule has 4 rings (SSSR count). The monoisotopic (exact) mass is 479 g/mol. The highest BCUT2D eigenvalue weighted by atomic mass is 79.9. The number of carbonyl (C=O) groups is 1. The minimum absolute atomic E-state index is 0.0461. The minimum atomic E-state index is -0.997. The van der Waals surface area contributed by atoms with Crippen molar-refractivity contribution in [2.45, 2.75) is 18.7 Å². The fourth-order valence-electron chi connectivity index (χ4n) is 3.99. The molecule has 0 spiro atoms. The molecule has 2 aromatic carbocycles. The number of halogens is 2. The molecule has 2 aliphatic rings. The van der Waals surface area contributed by atoms with Gasteiger partial charge in [0.25, 0.3) is 0 Å². The Hall–Kier alpha value is -1.83. The summed E-state index contributed by atoms with van der Waals surface area (Å²) in [6.07, 6.45) is 0. The van der Waals surface area contributed by atoms with Gasteiger partial charge < -0.3 is 15.0 Å². The minimum Gasteiger partial charge on any atom is -0.467 e. The maximum atomic E-state index is 13.2. The summed E-state index contributed by atoms with van der Waals surface area (Å²) in [7, 11) is 3.49. The molecule has 1 N–H and O–H groups in total. The first-order chi connectivity index (χ1) is 13.2. The number of hydrogen-bond donors (Lipinski definition) is 1. The van der Waals surface area contributed by atoms with E-state index in [4.69, 9.17) is 28.6 Å². The summed E-state index contributed by atoms with van der Waals surface area (Å²) in [5.74, 6) is 0.121. The lowest BCUT2D eigenvalue weighted by Crippen LogP contribution is -2.72. The third-order valence-electron chi connectivity index (χ3n) is 5.25. The van der Waals surface area contributed by atoms with E-state index in [0.717, 1.165) is 15.7 Å². The van der Waals surface area contributed by atoms with Crippen molar-refractivity contribution in [3.05, 3.63) is 57.5 Å². The Bertz CT molecular complexity index is 968. The Balaban J connectivity index is 1.91. The summed E-state index contributed by atoms with van der Waals surface area (Å²) >= 11 is 15.4. The van der Waals surface area contributed by atoms with Crippen LogP contribution in [-0.2, 0) is 4.79 Å². The van der Waals surface area contributed by atoms with Crippen LogP contribution in [0.4, 0.5) is 5.69 Å². The van der Waals surface area contributed by atoms with E-state index in [2.05, 4.69) is 21.2 Å². The van der Waals surface area contributed by atoms with Crippen molar-refractivity contribution in [2.24, 2.45) is 5.92 Å². The van der Waals surface area contributed by atoms with Crippen molar-refractivity contribution in [2.75, 3.05) is 19.0 Å². The van der Waals surface area contributed by atoms with E-state index in [1.807, 2.05) is 48.2 Å². The van der Waals surface area contributed by atoms with Gasteiger partial charge in [-0.1, -0.05) is 27.5 Å². The molecule has 146 valence electrons. The first-order valence-electron chi connectivity index (χ1n) is 8.78. The molecule has 28 heavy (non-hydrogen) atoms. The number of nitrogens with zero attached hydrogens (tertiary/aromatic N) is 2. The van der Waals surface area contributed by atoms with Gasteiger partial charge in [0.1, 0.15) is 11.7 Å². The molecule has 2 aliphatic heterocycles. The van der Waals surface area contributed by atoms with Gasteiger partial charge in [0.2, 0.25) is 5.91 Å². The predicted molar refractivity (Wildman–Crippen MR) is 118 cm³/mol. The topological polar surface area (TPSA) is 44.8 Å². The number of anilines is 1. The lowest BCUT2D eigenvalue weighted by Gasteiger charge is -2.56. The van der Waals surface area contributed by atoms with Crippen molar-refractivity contribution in [1.82, 2.24) is 10.2 Å². The number of ether oxygens (including phenoxy) is 1. The number of benzene rings is 2. The van der Waals surface area contributed by atoms with Crippen LogP contribution >= 0.6 is 39.7 Å². The first kappa shape index (κ1) is 19.5. The number of fused-ring (bicyclic) bond motifs is 4. The molecule has 1 amide bonds. The molecule has 3 atom stereocenters. The second-order valence-electron chi connectivity index (χ2n) is 7.29. The number of amides is 1.